The Balaban J connectivity index is 1.93. The predicted octanol–water partition coefficient (Wildman–Crippen LogP) is 4.45. The van der Waals surface area contributed by atoms with Crippen LogP contribution in [0.1, 0.15) is 11.1 Å². The van der Waals surface area contributed by atoms with Crippen molar-refractivity contribution in [3.8, 4) is 6.07 Å². The van der Waals surface area contributed by atoms with E-state index in [1.165, 1.54) is 5.56 Å². The number of halogens is 1. The van der Waals surface area contributed by atoms with E-state index in [9.17, 15) is 0 Å². The van der Waals surface area contributed by atoms with Crippen molar-refractivity contribution in [2.75, 3.05) is 11.9 Å². The van der Waals surface area contributed by atoms with Gasteiger partial charge in [0.05, 0.1) is 11.6 Å². The van der Waals surface area contributed by atoms with Gasteiger partial charge >= 0.3 is 0 Å². The van der Waals surface area contributed by atoms with Crippen LogP contribution in [0.5, 0.6) is 0 Å². The van der Waals surface area contributed by atoms with Gasteiger partial charge in [-0.3, -0.25) is 0 Å². The lowest BCUT2D eigenvalue weighted by Gasteiger charge is -2.06. The van der Waals surface area contributed by atoms with Gasteiger partial charge in [0.1, 0.15) is 0 Å². The summed E-state index contributed by atoms with van der Waals surface area (Å²) in [4.78, 5) is 0. The first-order valence-corrected chi connectivity index (χ1v) is 6.74. The van der Waals surface area contributed by atoms with Crippen LogP contribution in [0, 0.1) is 11.3 Å². The van der Waals surface area contributed by atoms with Crippen molar-refractivity contribution in [2.24, 2.45) is 0 Å². The summed E-state index contributed by atoms with van der Waals surface area (Å²) in [7, 11) is 0. The van der Waals surface area contributed by atoms with Crippen LogP contribution in [0.15, 0.2) is 59.1 Å². The molecule has 0 unspecified atom stereocenters. The van der Waals surface area contributed by atoms with E-state index in [0.717, 1.165) is 16.7 Å². The molecule has 0 aliphatic rings. The maximum Gasteiger partial charge on any atom is 0.0992 e. The van der Waals surface area contributed by atoms with Gasteiger partial charge in [-0.25, -0.2) is 0 Å². The van der Waals surface area contributed by atoms with Gasteiger partial charge in [-0.1, -0.05) is 42.5 Å². The number of hydrogen-bond acceptors (Lipinski definition) is 2. The van der Waals surface area contributed by atoms with E-state index in [1.54, 1.807) is 6.07 Å². The normalized spacial score (nSPS) is 10.3. The minimum absolute atomic E-state index is 0.650. The van der Waals surface area contributed by atoms with Crippen molar-refractivity contribution in [2.45, 2.75) is 0 Å². The Labute approximate surface area is 121 Å². The van der Waals surface area contributed by atoms with Crippen molar-refractivity contribution in [1.82, 2.24) is 0 Å². The number of rotatable bonds is 4. The maximum atomic E-state index is 8.79. The van der Waals surface area contributed by atoms with Gasteiger partial charge in [-0.05, 0) is 39.7 Å². The fourth-order valence-electron chi connectivity index (χ4n) is 1.66. The Morgan fingerprint density at radius 2 is 1.95 bits per heavy atom. The number of anilines is 1. The molecule has 2 nitrogen and oxygen atoms in total. The molecule has 0 heterocycles. The molecule has 19 heavy (non-hydrogen) atoms. The minimum Gasteiger partial charge on any atom is -0.381 e. The number of nitrogens with one attached hydrogen (secondary N) is 1. The summed E-state index contributed by atoms with van der Waals surface area (Å²) in [6, 6.07) is 17.8. The zero-order valence-corrected chi connectivity index (χ0v) is 11.9. The van der Waals surface area contributed by atoms with E-state index in [1.807, 2.05) is 30.3 Å². The molecule has 0 radical (unpaired) electrons. The summed E-state index contributed by atoms with van der Waals surface area (Å²) < 4.78 is 0.902. The molecule has 0 fully saturated rings. The topological polar surface area (TPSA) is 35.8 Å². The van der Waals surface area contributed by atoms with Gasteiger partial charge in [-0.2, -0.15) is 5.26 Å². The minimum atomic E-state index is 0.650. The number of hydrogen-bond donors (Lipinski definition) is 1. The Morgan fingerprint density at radius 1 is 1.16 bits per heavy atom. The molecule has 0 aromatic heterocycles. The first-order chi connectivity index (χ1) is 9.29. The third kappa shape index (κ3) is 3.97. The first-order valence-electron chi connectivity index (χ1n) is 5.95. The van der Waals surface area contributed by atoms with Gasteiger partial charge in [0, 0.05) is 16.7 Å². The fraction of sp³-hybridized carbons (Fsp3) is 0.0625. The lowest BCUT2D eigenvalue weighted by Crippen LogP contribution is -1.98. The third-order valence-corrected chi connectivity index (χ3v) is 3.27. The van der Waals surface area contributed by atoms with Crippen LogP contribution in [0.3, 0.4) is 0 Å². The van der Waals surface area contributed by atoms with Crippen LogP contribution >= 0.6 is 15.9 Å². The van der Waals surface area contributed by atoms with Crippen molar-refractivity contribution in [3.63, 3.8) is 0 Å². The molecule has 0 bridgehead atoms. The molecule has 0 aliphatic carbocycles. The molecule has 0 saturated heterocycles. The molecule has 0 amide bonds. The average Bonchev–Trinajstić information content (AvgIpc) is 2.46. The van der Waals surface area contributed by atoms with E-state index in [4.69, 9.17) is 5.26 Å². The van der Waals surface area contributed by atoms with Gasteiger partial charge in [0.15, 0.2) is 0 Å². The first kappa shape index (κ1) is 13.4. The smallest absolute Gasteiger partial charge is 0.0992 e. The third-order valence-electron chi connectivity index (χ3n) is 2.62. The number of benzene rings is 2. The highest BCUT2D eigenvalue weighted by atomic mass is 79.9. The molecular formula is C16H13BrN2. The van der Waals surface area contributed by atoms with Gasteiger partial charge in [0.2, 0.25) is 0 Å². The Kier molecular flexibility index (Phi) is 4.77. The second-order valence-corrected chi connectivity index (χ2v) is 4.85. The van der Waals surface area contributed by atoms with E-state index in [0.29, 0.717) is 5.56 Å². The largest absolute Gasteiger partial charge is 0.381 e. The van der Waals surface area contributed by atoms with Crippen LogP contribution in [0.2, 0.25) is 0 Å². The highest BCUT2D eigenvalue weighted by Gasteiger charge is 1.99. The Hall–Kier alpha value is -2.05. The summed E-state index contributed by atoms with van der Waals surface area (Å²) in [6.07, 6.45) is 4.14. The zero-order chi connectivity index (χ0) is 13.5. The highest BCUT2D eigenvalue weighted by molar-refractivity contribution is 9.10. The molecule has 0 atom stereocenters. The molecule has 0 spiro atoms. The second-order valence-electron chi connectivity index (χ2n) is 4.00. The average molecular weight is 313 g/mol. The Bertz CT molecular complexity index is 612. The molecule has 0 saturated carbocycles. The summed E-state index contributed by atoms with van der Waals surface area (Å²) in [5.41, 5.74) is 2.82. The van der Waals surface area contributed by atoms with Crippen LogP contribution in [-0.4, -0.2) is 6.54 Å². The van der Waals surface area contributed by atoms with Crippen molar-refractivity contribution in [1.29, 1.82) is 5.26 Å². The lowest BCUT2D eigenvalue weighted by molar-refractivity contribution is 1.33. The van der Waals surface area contributed by atoms with E-state index < -0.39 is 0 Å². The zero-order valence-electron chi connectivity index (χ0n) is 10.3. The van der Waals surface area contributed by atoms with Crippen molar-refractivity contribution in [3.05, 3.63) is 70.2 Å². The van der Waals surface area contributed by atoms with Crippen LogP contribution < -0.4 is 5.32 Å². The van der Waals surface area contributed by atoms with E-state index in [2.05, 4.69) is 51.6 Å². The molecular weight excluding hydrogens is 300 g/mol. The van der Waals surface area contributed by atoms with Crippen molar-refractivity contribution < 1.29 is 0 Å². The maximum absolute atomic E-state index is 8.79. The SMILES string of the molecule is N#Cc1ccc(NC/C=C/c2ccccc2)c(Br)c1. The summed E-state index contributed by atoms with van der Waals surface area (Å²) in [5.74, 6) is 0. The number of nitriles is 1. The molecule has 0 aliphatic heterocycles. The van der Waals surface area contributed by atoms with Gasteiger partial charge in [-0.15, -0.1) is 0 Å². The molecule has 2 rings (SSSR count). The summed E-state index contributed by atoms with van der Waals surface area (Å²) in [5, 5.41) is 12.1. The van der Waals surface area contributed by atoms with E-state index in [-0.39, 0.29) is 0 Å². The molecule has 94 valence electrons. The Morgan fingerprint density at radius 3 is 2.63 bits per heavy atom. The van der Waals surface area contributed by atoms with Crippen molar-refractivity contribution >= 4 is 27.7 Å². The lowest BCUT2D eigenvalue weighted by atomic mass is 10.2. The summed E-state index contributed by atoms with van der Waals surface area (Å²) in [6.45, 7) is 0.736. The molecule has 3 heteroatoms. The monoisotopic (exact) mass is 312 g/mol. The standard InChI is InChI=1S/C16H13BrN2/c17-15-11-14(12-18)8-9-16(15)19-10-4-7-13-5-2-1-3-6-13/h1-9,11,19H,10H2/b7-4+. The highest BCUT2D eigenvalue weighted by Crippen LogP contribution is 2.23. The fourth-order valence-corrected chi connectivity index (χ4v) is 2.18. The van der Waals surface area contributed by atoms with Gasteiger partial charge < -0.3 is 5.32 Å². The number of nitrogens with zero attached hydrogens (tertiary/aromatic N) is 1. The predicted molar refractivity (Wildman–Crippen MR) is 82.8 cm³/mol. The van der Waals surface area contributed by atoms with Crippen LogP contribution in [0.25, 0.3) is 6.08 Å². The molecule has 2 aromatic rings. The van der Waals surface area contributed by atoms with Gasteiger partial charge in [0.25, 0.3) is 0 Å². The molecule has 2 aromatic carbocycles. The molecule has 1 N–H and O–H groups in total. The van der Waals surface area contributed by atoms with E-state index >= 15 is 0 Å². The summed E-state index contributed by atoms with van der Waals surface area (Å²) >= 11 is 3.45. The second kappa shape index (κ2) is 6.77. The van der Waals surface area contributed by atoms with Crippen LogP contribution in [-0.2, 0) is 0 Å². The quantitative estimate of drug-likeness (QED) is 0.905. The van der Waals surface area contributed by atoms with Crippen LogP contribution in [0.4, 0.5) is 5.69 Å².